The molecule has 3 rings (SSSR count). The van der Waals surface area contributed by atoms with Crippen LogP contribution >= 0.6 is 0 Å². The molecule has 1 aliphatic rings. The average molecular weight is 285 g/mol. The Bertz CT molecular complexity index is 676. The summed E-state index contributed by atoms with van der Waals surface area (Å²) in [6.45, 7) is 3.11. The SMILES string of the molecule is Cc1ccoc1C(=O)Nc1ccc(N2CCNC2=O)cc1. The van der Waals surface area contributed by atoms with Crippen LogP contribution in [0.25, 0.3) is 0 Å². The number of benzene rings is 1. The van der Waals surface area contributed by atoms with Crippen LogP contribution in [0.5, 0.6) is 0 Å². The van der Waals surface area contributed by atoms with E-state index in [4.69, 9.17) is 4.42 Å². The molecule has 0 saturated carbocycles. The number of carbonyl (C=O) groups excluding carboxylic acids is 2. The zero-order valence-electron chi connectivity index (χ0n) is 11.6. The molecule has 2 N–H and O–H groups in total. The fourth-order valence-corrected chi connectivity index (χ4v) is 2.24. The number of nitrogens with one attached hydrogen (secondary N) is 2. The minimum absolute atomic E-state index is 0.0991. The van der Waals surface area contributed by atoms with Gasteiger partial charge in [-0.05, 0) is 37.3 Å². The van der Waals surface area contributed by atoms with Crippen LogP contribution < -0.4 is 15.5 Å². The highest BCUT2D eigenvalue weighted by Gasteiger charge is 2.21. The van der Waals surface area contributed by atoms with Crippen molar-refractivity contribution < 1.29 is 14.0 Å². The number of aryl methyl sites for hydroxylation is 1. The van der Waals surface area contributed by atoms with Gasteiger partial charge in [0.15, 0.2) is 5.76 Å². The van der Waals surface area contributed by atoms with E-state index in [9.17, 15) is 9.59 Å². The minimum atomic E-state index is -0.288. The average Bonchev–Trinajstić information content (AvgIpc) is 3.08. The van der Waals surface area contributed by atoms with Crippen LogP contribution in [0.4, 0.5) is 16.2 Å². The first-order chi connectivity index (χ1) is 10.1. The van der Waals surface area contributed by atoms with E-state index in [1.807, 2.05) is 6.92 Å². The van der Waals surface area contributed by atoms with Gasteiger partial charge in [0.05, 0.1) is 6.26 Å². The Labute approximate surface area is 121 Å². The molecule has 6 nitrogen and oxygen atoms in total. The van der Waals surface area contributed by atoms with Gasteiger partial charge in [-0.25, -0.2) is 4.79 Å². The van der Waals surface area contributed by atoms with E-state index in [1.54, 1.807) is 35.2 Å². The molecule has 0 aliphatic carbocycles. The van der Waals surface area contributed by atoms with Crippen LogP contribution in [0.2, 0.25) is 0 Å². The third-order valence-electron chi connectivity index (χ3n) is 3.36. The Morgan fingerprint density at radius 1 is 1.29 bits per heavy atom. The van der Waals surface area contributed by atoms with Crippen LogP contribution in [-0.2, 0) is 0 Å². The molecule has 0 bridgehead atoms. The van der Waals surface area contributed by atoms with Crippen molar-refractivity contribution in [2.45, 2.75) is 6.92 Å². The fraction of sp³-hybridized carbons (Fsp3) is 0.200. The summed E-state index contributed by atoms with van der Waals surface area (Å²) in [5.74, 6) is 0.0159. The molecular weight excluding hydrogens is 270 g/mol. The highest BCUT2D eigenvalue weighted by atomic mass is 16.3. The molecule has 0 radical (unpaired) electrons. The van der Waals surface area contributed by atoms with E-state index in [2.05, 4.69) is 10.6 Å². The van der Waals surface area contributed by atoms with Crippen molar-refractivity contribution in [3.05, 3.63) is 47.9 Å². The first kappa shape index (κ1) is 13.2. The Morgan fingerprint density at radius 2 is 2.05 bits per heavy atom. The summed E-state index contributed by atoms with van der Waals surface area (Å²) in [7, 11) is 0. The molecule has 1 aromatic carbocycles. The molecule has 0 unspecified atom stereocenters. The zero-order chi connectivity index (χ0) is 14.8. The molecule has 2 heterocycles. The van der Waals surface area contributed by atoms with Crippen molar-refractivity contribution in [2.24, 2.45) is 0 Å². The zero-order valence-corrected chi connectivity index (χ0v) is 11.6. The summed E-state index contributed by atoms with van der Waals surface area (Å²) in [5, 5.41) is 5.51. The van der Waals surface area contributed by atoms with E-state index in [1.165, 1.54) is 6.26 Å². The lowest BCUT2D eigenvalue weighted by molar-refractivity contribution is 0.0996. The summed E-state index contributed by atoms with van der Waals surface area (Å²) in [4.78, 5) is 25.2. The number of carbonyl (C=O) groups is 2. The highest BCUT2D eigenvalue weighted by molar-refractivity contribution is 6.03. The number of furan rings is 1. The lowest BCUT2D eigenvalue weighted by Crippen LogP contribution is -2.27. The predicted molar refractivity (Wildman–Crippen MR) is 78.6 cm³/mol. The monoisotopic (exact) mass is 285 g/mol. The van der Waals surface area contributed by atoms with Crippen LogP contribution in [-0.4, -0.2) is 25.0 Å². The van der Waals surface area contributed by atoms with E-state index in [0.717, 1.165) is 11.3 Å². The molecular formula is C15H15N3O3. The number of amides is 3. The van der Waals surface area contributed by atoms with Crippen molar-refractivity contribution in [1.29, 1.82) is 0 Å². The van der Waals surface area contributed by atoms with E-state index < -0.39 is 0 Å². The summed E-state index contributed by atoms with van der Waals surface area (Å²) in [6, 6.07) is 8.77. The Balaban J connectivity index is 1.71. The number of urea groups is 1. The third kappa shape index (κ3) is 2.60. The molecule has 6 heteroatoms. The quantitative estimate of drug-likeness (QED) is 0.909. The number of rotatable bonds is 3. The molecule has 1 aliphatic heterocycles. The summed E-state index contributed by atoms with van der Waals surface area (Å²) >= 11 is 0. The third-order valence-corrected chi connectivity index (χ3v) is 3.36. The summed E-state index contributed by atoms with van der Waals surface area (Å²) in [6.07, 6.45) is 1.49. The Kier molecular flexibility index (Phi) is 3.35. The minimum Gasteiger partial charge on any atom is -0.459 e. The molecule has 1 aromatic heterocycles. The van der Waals surface area contributed by atoms with E-state index in [0.29, 0.717) is 24.5 Å². The van der Waals surface area contributed by atoms with Gasteiger partial charge in [-0.3, -0.25) is 9.69 Å². The van der Waals surface area contributed by atoms with Crippen molar-refractivity contribution in [2.75, 3.05) is 23.3 Å². The molecule has 3 amide bonds. The number of nitrogens with zero attached hydrogens (tertiary/aromatic N) is 1. The number of hydrogen-bond acceptors (Lipinski definition) is 3. The maximum atomic E-state index is 12.0. The van der Waals surface area contributed by atoms with Crippen molar-refractivity contribution in [1.82, 2.24) is 5.32 Å². The lowest BCUT2D eigenvalue weighted by Gasteiger charge is -2.14. The second-order valence-corrected chi connectivity index (χ2v) is 4.82. The Hall–Kier alpha value is -2.76. The second-order valence-electron chi connectivity index (χ2n) is 4.82. The van der Waals surface area contributed by atoms with E-state index in [-0.39, 0.29) is 11.9 Å². The van der Waals surface area contributed by atoms with Crippen LogP contribution in [0.15, 0.2) is 41.0 Å². The highest BCUT2D eigenvalue weighted by Crippen LogP contribution is 2.20. The smallest absolute Gasteiger partial charge is 0.321 e. The maximum Gasteiger partial charge on any atom is 0.321 e. The molecule has 0 spiro atoms. The summed E-state index contributed by atoms with van der Waals surface area (Å²) in [5.41, 5.74) is 2.24. The predicted octanol–water partition coefficient (Wildman–Crippen LogP) is 2.37. The Morgan fingerprint density at radius 3 is 2.62 bits per heavy atom. The number of anilines is 2. The number of hydrogen-bond donors (Lipinski definition) is 2. The van der Waals surface area contributed by atoms with Crippen LogP contribution in [0, 0.1) is 6.92 Å². The van der Waals surface area contributed by atoms with Gasteiger partial charge in [0.1, 0.15) is 0 Å². The molecule has 1 fully saturated rings. The van der Waals surface area contributed by atoms with Gasteiger partial charge in [-0.15, -0.1) is 0 Å². The van der Waals surface area contributed by atoms with Gasteiger partial charge in [0.25, 0.3) is 5.91 Å². The molecule has 1 saturated heterocycles. The lowest BCUT2D eigenvalue weighted by atomic mass is 10.2. The normalized spacial score (nSPS) is 14.1. The fourth-order valence-electron chi connectivity index (χ4n) is 2.24. The van der Waals surface area contributed by atoms with Crippen LogP contribution in [0.1, 0.15) is 16.1 Å². The standard InChI is InChI=1S/C15H15N3O3/c1-10-6-9-21-13(10)14(19)17-11-2-4-12(5-3-11)18-8-7-16-15(18)20/h2-6,9H,7-8H2,1H3,(H,16,20)(H,17,19). The van der Waals surface area contributed by atoms with Crippen molar-refractivity contribution in [3.8, 4) is 0 Å². The van der Waals surface area contributed by atoms with E-state index >= 15 is 0 Å². The van der Waals surface area contributed by atoms with Gasteiger partial charge in [-0.1, -0.05) is 0 Å². The van der Waals surface area contributed by atoms with Gasteiger partial charge in [0.2, 0.25) is 0 Å². The van der Waals surface area contributed by atoms with Gasteiger partial charge < -0.3 is 15.1 Å². The molecule has 2 aromatic rings. The first-order valence-corrected chi connectivity index (χ1v) is 6.66. The second kappa shape index (κ2) is 5.32. The van der Waals surface area contributed by atoms with Gasteiger partial charge in [0, 0.05) is 30.0 Å². The van der Waals surface area contributed by atoms with Crippen molar-refractivity contribution in [3.63, 3.8) is 0 Å². The summed E-state index contributed by atoms with van der Waals surface area (Å²) < 4.78 is 5.14. The molecule has 0 atom stereocenters. The maximum absolute atomic E-state index is 12.0. The topological polar surface area (TPSA) is 74.6 Å². The van der Waals surface area contributed by atoms with Gasteiger partial charge in [-0.2, -0.15) is 0 Å². The first-order valence-electron chi connectivity index (χ1n) is 6.66. The largest absolute Gasteiger partial charge is 0.459 e. The molecule has 108 valence electrons. The molecule has 21 heavy (non-hydrogen) atoms. The van der Waals surface area contributed by atoms with Crippen molar-refractivity contribution >= 4 is 23.3 Å². The van der Waals surface area contributed by atoms with Gasteiger partial charge >= 0.3 is 6.03 Å². The van der Waals surface area contributed by atoms with Crippen LogP contribution in [0.3, 0.4) is 0 Å².